The van der Waals surface area contributed by atoms with Gasteiger partial charge in [-0.25, -0.2) is 4.98 Å². The fourth-order valence-electron chi connectivity index (χ4n) is 2.30. The molecule has 0 aliphatic rings. The molecule has 1 heterocycles. The number of aryl methyl sites for hydroxylation is 1. The van der Waals surface area contributed by atoms with Crippen molar-refractivity contribution >= 4 is 40.2 Å². The topological polar surface area (TPSA) is 85.1 Å². The van der Waals surface area contributed by atoms with Crippen LogP contribution < -0.4 is 5.32 Å². The summed E-state index contributed by atoms with van der Waals surface area (Å²) in [6.07, 6.45) is 0. The minimum Gasteiger partial charge on any atom is -0.322 e. The Hall–Kier alpha value is -2.77. The van der Waals surface area contributed by atoms with Crippen LogP contribution >= 0.6 is 22.9 Å². The number of carbonyl (C=O) groups excluding carboxylic acids is 1. The van der Waals surface area contributed by atoms with Gasteiger partial charge in [0.05, 0.1) is 15.6 Å². The number of benzene rings is 2. The monoisotopic (exact) mass is 373 g/mol. The Morgan fingerprint density at radius 3 is 2.76 bits per heavy atom. The highest BCUT2D eigenvalue weighted by Crippen LogP contribution is 2.26. The fourth-order valence-corrected chi connectivity index (χ4v) is 3.09. The molecule has 0 bridgehead atoms. The van der Waals surface area contributed by atoms with Crippen molar-refractivity contribution in [3.8, 4) is 11.3 Å². The summed E-state index contributed by atoms with van der Waals surface area (Å²) in [5.74, 6) is -0.596. The summed E-state index contributed by atoms with van der Waals surface area (Å²) in [4.78, 5) is 27.4. The summed E-state index contributed by atoms with van der Waals surface area (Å²) < 4.78 is 0. The molecule has 8 heteroatoms. The van der Waals surface area contributed by atoms with E-state index < -0.39 is 10.8 Å². The maximum atomic E-state index is 12.5. The second-order valence-electron chi connectivity index (χ2n) is 5.21. The lowest BCUT2D eigenvalue weighted by atomic mass is 10.1. The molecule has 0 fully saturated rings. The molecule has 0 saturated carbocycles. The third-order valence-corrected chi connectivity index (χ3v) is 4.44. The molecule has 1 N–H and O–H groups in total. The van der Waals surface area contributed by atoms with Crippen LogP contribution in [0, 0.1) is 17.0 Å². The van der Waals surface area contributed by atoms with Crippen LogP contribution in [0.1, 0.15) is 15.4 Å². The first-order chi connectivity index (χ1) is 11.9. The first-order valence-corrected chi connectivity index (χ1v) is 8.47. The Balaban J connectivity index is 1.89. The van der Waals surface area contributed by atoms with Crippen molar-refractivity contribution in [1.82, 2.24) is 4.98 Å². The number of hydrogen-bond acceptors (Lipinski definition) is 5. The van der Waals surface area contributed by atoms with E-state index in [-0.39, 0.29) is 16.3 Å². The number of aromatic nitrogens is 1. The zero-order chi connectivity index (χ0) is 18.0. The average molecular weight is 374 g/mol. The lowest BCUT2D eigenvalue weighted by Gasteiger charge is -2.07. The normalized spacial score (nSPS) is 10.5. The first kappa shape index (κ1) is 17.1. The van der Waals surface area contributed by atoms with Crippen LogP contribution in [0.15, 0.2) is 47.8 Å². The van der Waals surface area contributed by atoms with E-state index in [1.165, 1.54) is 29.5 Å². The van der Waals surface area contributed by atoms with E-state index in [1.54, 1.807) is 18.2 Å². The second kappa shape index (κ2) is 7.00. The Morgan fingerprint density at radius 2 is 2.08 bits per heavy atom. The summed E-state index contributed by atoms with van der Waals surface area (Å²) in [5.41, 5.74) is 1.79. The molecule has 0 spiro atoms. The molecule has 6 nitrogen and oxygen atoms in total. The lowest BCUT2D eigenvalue weighted by Crippen LogP contribution is -2.14. The van der Waals surface area contributed by atoms with Gasteiger partial charge in [0.15, 0.2) is 0 Å². The van der Waals surface area contributed by atoms with E-state index >= 15 is 0 Å². The Bertz CT molecular complexity index is 971. The molecule has 0 aliphatic carbocycles. The van der Waals surface area contributed by atoms with Crippen LogP contribution in [-0.4, -0.2) is 15.8 Å². The molecule has 1 aromatic heterocycles. The van der Waals surface area contributed by atoms with Gasteiger partial charge in [-0.1, -0.05) is 23.7 Å². The van der Waals surface area contributed by atoms with Crippen LogP contribution in [0.4, 0.5) is 11.4 Å². The van der Waals surface area contributed by atoms with Crippen LogP contribution in [0.3, 0.4) is 0 Å². The molecule has 3 rings (SSSR count). The zero-order valence-electron chi connectivity index (χ0n) is 13.0. The van der Waals surface area contributed by atoms with Crippen LogP contribution in [0.5, 0.6) is 0 Å². The fraction of sp³-hybridized carbons (Fsp3) is 0.0588. The minimum absolute atomic E-state index is 0.0904. The van der Waals surface area contributed by atoms with Crippen molar-refractivity contribution in [2.45, 2.75) is 6.92 Å². The van der Waals surface area contributed by atoms with Crippen molar-refractivity contribution in [2.24, 2.45) is 0 Å². The number of carbonyl (C=O) groups is 1. The highest BCUT2D eigenvalue weighted by Gasteiger charge is 2.20. The number of nitrogens with one attached hydrogen (secondary N) is 1. The summed E-state index contributed by atoms with van der Waals surface area (Å²) in [5, 5.41) is 16.9. The van der Waals surface area contributed by atoms with E-state index in [4.69, 9.17) is 11.6 Å². The molecule has 2 aromatic carbocycles. The first-order valence-electron chi connectivity index (χ1n) is 7.22. The number of nitro benzene ring substituents is 1. The largest absolute Gasteiger partial charge is 0.322 e. The van der Waals surface area contributed by atoms with Crippen molar-refractivity contribution in [3.63, 3.8) is 0 Å². The van der Waals surface area contributed by atoms with Gasteiger partial charge in [0.2, 0.25) is 0 Å². The quantitative estimate of drug-likeness (QED) is 0.518. The number of halogens is 1. The van der Waals surface area contributed by atoms with Crippen molar-refractivity contribution in [2.75, 3.05) is 5.32 Å². The number of nitro groups is 1. The molecule has 0 aliphatic heterocycles. The number of anilines is 1. The molecule has 0 atom stereocenters. The Kier molecular flexibility index (Phi) is 4.78. The number of rotatable bonds is 4. The Labute approximate surface area is 152 Å². The van der Waals surface area contributed by atoms with Crippen molar-refractivity contribution < 1.29 is 9.72 Å². The maximum absolute atomic E-state index is 12.5. The molecule has 0 saturated heterocycles. The van der Waals surface area contributed by atoms with Crippen LogP contribution in [-0.2, 0) is 0 Å². The van der Waals surface area contributed by atoms with E-state index in [2.05, 4.69) is 10.3 Å². The van der Waals surface area contributed by atoms with Gasteiger partial charge in [-0.15, -0.1) is 11.3 Å². The smallest absolute Gasteiger partial charge is 0.282 e. The summed E-state index contributed by atoms with van der Waals surface area (Å²) >= 11 is 7.40. The van der Waals surface area contributed by atoms with Gasteiger partial charge in [-0.2, -0.15) is 0 Å². The molecule has 0 unspecified atom stereocenters. The highest BCUT2D eigenvalue weighted by atomic mass is 35.5. The maximum Gasteiger partial charge on any atom is 0.282 e. The number of hydrogen-bond donors (Lipinski definition) is 1. The van der Waals surface area contributed by atoms with Gasteiger partial charge < -0.3 is 5.32 Å². The molecular formula is C17H12ClN3O3S. The van der Waals surface area contributed by atoms with Gasteiger partial charge in [0.25, 0.3) is 11.6 Å². The minimum atomic E-state index is -0.611. The van der Waals surface area contributed by atoms with Crippen LogP contribution in [0.25, 0.3) is 11.3 Å². The van der Waals surface area contributed by atoms with Crippen molar-refractivity contribution in [1.29, 1.82) is 0 Å². The summed E-state index contributed by atoms with van der Waals surface area (Å²) in [6, 6.07) is 11.0. The van der Waals surface area contributed by atoms with Gasteiger partial charge in [-0.05, 0) is 31.2 Å². The van der Waals surface area contributed by atoms with E-state index in [1.807, 2.05) is 18.4 Å². The van der Waals surface area contributed by atoms with Gasteiger partial charge >= 0.3 is 0 Å². The number of amides is 1. The zero-order valence-corrected chi connectivity index (χ0v) is 14.6. The van der Waals surface area contributed by atoms with E-state index in [0.29, 0.717) is 5.69 Å². The van der Waals surface area contributed by atoms with E-state index in [0.717, 1.165) is 16.3 Å². The highest BCUT2D eigenvalue weighted by molar-refractivity contribution is 7.09. The molecule has 25 heavy (non-hydrogen) atoms. The third kappa shape index (κ3) is 3.84. The van der Waals surface area contributed by atoms with E-state index in [9.17, 15) is 14.9 Å². The summed E-state index contributed by atoms with van der Waals surface area (Å²) in [7, 11) is 0. The second-order valence-corrected chi connectivity index (χ2v) is 6.70. The predicted octanol–water partition coefficient (Wildman–Crippen LogP) is 4.93. The van der Waals surface area contributed by atoms with Crippen LogP contribution in [0.2, 0.25) is 5.02 Å². The van der Waals surface area contributed by atoms with Gasteiger partial charge in [0, 0.05) is 27.7 Å². The molecule has 3 aromatic rings. The SMILES string of the molecule is Cc1nc(-c2cccc(NC(=O)c3cc(Cl)ccc3[N+](=O)[O-])c2)cs1. The molecule has 126 valence electrons. The summed E-state index contributed by atoms with van der Waals surface area (Å²) in [6.45, 7) is 1.91. The standard InChI is InChI=1S/C17H12ClN3O3S/c1-10-19-15(9-25-10)11-3-2-4-13(7-11)20-17(22)14-8-12(18)5-6-16(14)21(23)24/h2-9H,1H3,(H,20,22). The molecular weight excluding hydrogens is 362 g/mol. The number of nitrogens with zero attached hydrogens (tertiary/aromatic N) is 2. The average Bonchev–Trinajstić information content (AvgIpc) is 3.01. The predicted molar refractivity (Wildman–Crippen MR) is 98.3 cm³/mol. The third-order valence-electron chi connectivity index (χ3n) is 3.44. The number of thiazole rings is 1. The Morgan fingerprint density at radius 1 is 1.28 bits per heavy atom. The molecule has 0 radical (unpaired) electrons. The lowest BCUT2D eigenvalue weighted by molar-refractivity contribution is -0.385. The van der Waals surface area contributed by atoms with Gasteiger partial charge in [-0.3, -0.25) is 14.9 Å². The molecule has 1 amide bonds. The van der Waals surface area contributed by atoms with Gasteiger partial charge in [0.1, 0.15) is 5.56 Å². The van der Waals surface area contributed by atoms with Crippen molar-refractivity contribution in [3.05, 3.63) is 73.6 Å².